The van der Waals surface area contributed by atoms with Crippen molar-refractivity contribution in [1.29, 1.82) is 0 Å². The van der Waals surface area contributed by atoms with E-state index in [2.05, 4.69) is 10.6 Å². The van der Waals surface area contributed by atoms with Crippen LogP contribution in [0.1, 0.15) is 34.1 Å². The van der Waals surface area contributed by atoms with Crippen molar-refractivity contribution in [2.75, 3.05) is 22.1 Å². The molecule has 3 amide bonds. The summed E-state index contributed by atoms with van der Waals surface area (Å²) in [6.45, 7) is 2.18. The molecule has 1 aliphatic rings. The number of ether oxygens (including phenoxy) is 1. The minimum atomic E-state index is -0.719. The zero-order chi connectivity index (χ0) is 26.5. The van der Waals surface area contributed by atoms with Crippen molar-refractivity contribution in [3.63, 3.8) is 0 Å². The van der Waals surface area contributed by atoms with Gasteiger partial charge in [-0.15, -0.1) is 0 Å². The quantitative estimate of drug-likeness (QED) is 0.286. The lowest BCUT2D eigenvalue weighted by molar-refractivity contribution is -0.120. The van der Waals surface area contributed by atoms with Gasteiger partial charge in [-0.25, -0.2) is 9.69 Å². The average molecular weight is 538 g/mol. The van der Waals surface area contributed by atoms with E-state index in [1.807, 2.05) is 6.92 Å². The molecule has 0 unspecified atom stereocenters. The van der Waals surface area contributed by atoms with E-state index < -0.39 is 23.7 Å². The topological polar surface area (TPSA) is 105 Å². The van der Waals surface area contributed by atoms with Gasteiger partial charge >= 0.3 is 5.97 Å². The Bertz CT molecular complexity index is 1420. The van der Waals surface area contributed by atoms with Crippen LogP contribution in [0, 0.1) is 0 Å². The Balaban J connectivity index is 1.49. The highest BCUT2D eigenvalue weighted by atomic mass is 35.5. The molecule has 0 atom stereocenters. The molecule has 3 aromatic carbocycles. The highest BCUT2D eigenvalue weighted by Gasteiger charge is 2.39. The van der Waals surface area contributed by atoms with Crippen molar-refractivity contribution >= 4 is 64.0 Å². The van der Waals surface area contributed by atoms with Crippen LogP contribution < -0.4 is 15.5 Å². The first-order valence-corrected chi connectivity index (χ1v) is 12.0. The summed E-state index contributed by atoms with van der Waals surface area (Å²) in [7, 11) is 0. The number of hydrogen-bond acceptors (Lipinski definition) is 6. The van der Waals surface area contributed by atoms with Crippen LogP contribution in [-0.4, -0.2) is 30.3 Å². The number of benzene rings is 3. The van der Waals surface area contributed by atoms with Gasteiger partial charge in [0.1, 0.15) is 10.7 Å². The maximum absolute atomic E-state index is 13.1. The molecule has 0 fully saturated rings. The van der Waals surface area contributed by atoms with Gasteiger partial charge in [0.25, 0.3) is 17.7 Å². The van der Waals surface area contributed by atoms with Crippen LogP contribution in [0.2, 0.25) is 5.02 Å². The molecular formula is C27H21Cl2N3O5. The maximum atomic E-state index is 13.1. The molecule has 8 nitrogen and oxygen atoms in total. The van der Waals surface area contributed by atoms with Gasteiger partial charge in [0.05, 0.1) is 28.6 Å². The number of esters is 1. The van der Waals surface area contributed by atoms with E-state index in [1.54, 1.807) is 42.5 Å². The third-order valence-electron chi connectivity index (χ3n) is 5.34. The monoisotopic (exact) mass is 537 g/mol. The first kappa shape index (κ1) is 25.9. The zero-order valence-electron chi connectivity index (χ0n) is 19.6. The first-order chi connectivity index (χ1) is 17.8. The lowest BCUT2D eigenvalue weighted by Gasteiger charge is -2.15. The Kier molecular flexibility index (Phi) is 7.91. The molecule has 0 radical (unpaired) electrons. The maximum Gasteiger partial charge on any atom is 0.338 e. The SMILES string of the molecule is CCCOC(=O)c1ccc(N2C(=O)C(Cl)=C(Nc3cccc(C(=O)Nc4ccccc4Cl)c3)C2=O)cc1. The number of carbonyl (C=O) groups is 4. The number of rotatable bonds is 8. The molecule has 10 heteroatoms. The third kappa shape index (κ3) is 5.66. The molecule has 0 aromatic heterocycles. The third-order valence-corrected chi connectivity index (χ3v) is 6.02. The Morgan fingerprint density at radius 1 is 0.892 bits per heavy atom. The smallest absolute Gasteiger partial charge is 0.338 e. The van der Waals surface area contributed by atoms with Crippen LogP contribution in [-0.2, 0) is 14.3 Å². The van der Waals surface area contributed by atoms with E-state index in [1.165, 1.54) is 30.3 Å². The van der Waals surface area contributed by atoms with Crippen molar-refractivity contribution in [2.24, 2.45) is 0 Å². The Labute approximate surface area is 222 Å². The van der Waals surface area contributed by atoms with Crippen LogP contribution in [0.4, 0.5) is 17.1 Å². The number of carbonyl (C=O) groups excluding carboxylic acids is 4. The van der Waals surface area contributed by atoms with E-state index >= 15 is 0 Å². The average Bonchev–Trinajstić information content (AvgIpc) is 3.11. The fourth-order valence-electron chi connectivity index (χ4n) is 3.51. The molecule has 4 rings (SSSR count). The highest BCUT2D eigenvalue weighted by molar-refractivity contribution is 6.53. The lowest BCUT2D eigenvalue weighted by Crippen LogP contribution is -2.32. The van der Waals surface area contributed by atoms with E-state index in [-0.39, 0.29) is 16.4 Å². The summed E-state index contributed by atoms with van der Waals surface area (Å²) in [4.78, 5) is 51.5. The largest absolute Gasteiger partial charge is 0.462 e. The van der Waals surface area contributed by atoms with E-state index in [4.69, 9.17) is 27.9 Å². The molecule has 0 bridgehead atoms. The summed E-state index contributed by atoms with van der Waals surface area (Å²) in [5, 5.41) is 5.66. The minimum absolute atomic E-state index is 0.137. The number of imide groups is 1. The number of para-hydroxylation sites is 1. The second-order valence-electron chi connectivity index (χ2n) is 7.96. The summed E-state index contributed by atoms with van der Waals surface area (Å²) >= 11 is 12.3. The number of anilines is 3. The second kappa shape index (κ2) is 11.3. The molecule has 3 aromatic rings. The normalized spacial score (nSPS) is 13.1. The molecule has 1 aliphatic heterocycles. The standard InChI is InChI=1S/C27H21Cl2N3O5/c1-2-14-37-27(36)16-10-12-19(13-11-16)32-25(34)22(29)23(26(32)35)30-18-7-5-6-17(15-18)24(33)31-21-9-4-3-8-20(21)28/h3-13,15,30H,2,14H2,1H3,(H,31,33). The number of nitrogens with zero attached hydrogens (tertiary/aromatic N) is 1. The summed E-state index contributed by atoms with van der Waals surface area (Å²) in [5.41, 5.74) is 1.51. The molecule has 37 heavy (non-hydrogen) atoms. The van der Waals surface area contributed by atoms with Gasteiger partial charge in [-0.1, -0.05) is 48.3 Å². The Morgan fingerprint density at radius 2 is 1.62 bits per heavy atom. The predicted octanol–water partition coefficient (Wildman–Crippen LogP) is 5.59. The summed E-state index contributed by atoms with van der Waals surface area (Å²) in [6, 6.07) is 19.0. The number of halogens is 2. The van der Waals surface area contributed by atoms with E-state index in [0.29, 0.717) is 40.6 Å². The van der Waals surface area contributed by atoms with Crippen molar-refractivity contribution in [2.45, 2.75) is 13.3 Å². The highest BCUT2D eigenvalue weighted by Crippen LogP contribution is 2.31. The van der Waals surface area contributed by atoms with Crippen LogP contribution in [0.15, 0.2) is 83.5 Å². The molecule has 188 valence electrons. The molecule has 0 saturated heterocycles. The van der Waals surface area contributed by atoms with Gasteiger partial charge < -0.3 is 15.4 Å². The lowest BCUT2D eigenvalue weighted by atomic mass is 10.1. The van der Waals surface area contributed by atoms with Crippen molar-refractivity contribution in [1.82, 2.24) is 0 Å². The number of nitrogens with one attached hydrogen (secondary N) is 2. The molecule has 0 saturated carbocycles. The van der Waals surface area contributed by atoms with Crippen LogP contribution in [0.25, 0.3) is 0 Å². The predicted molar refractivity (Wildman–Crippen MR) is 142 cm³/mol. The van der Waals surface area contributed by atoms with Gasteiger partial charge in [-0.2, -0.15) is 0 Å². The Hall–Kier alpha value is -4.14. The minimum Gasteiger partial charge on any atom is -0.462 e. The number of amides is 3. The molecule has 0 spiro atoms. The van der Waals surface area contributed by atoms with E-state index in [9.17, 15) is 19.2 Å². The molecule has 0 aliphatic carbocycles. The van der Waals surface area contributed by atoms with Gasteiger partial charge in [0, 0.05) is 11.3 Å². The molecular weight excluding hydrogens is 517 g/mol. The van der Waals surface area contributed by atoms with Gasteiger partial charge in [-0.05, 0) is 61.0 Å². The first-order valence-electron chi connectivity index (χ1n) is 11.3. The van der Waals surface area contributed by atoms with Crippen molar-refractivity contribution in [3.05, 3.63) is 99.7 Å². The number of hydrogen-bond donors (Lipinski definition) is 2. The Morgan fingerprint density at radius 3 is 2.32 bits per heavy atom. The fourth-order valence-corrected chi connectivity index (χ4v) is 3.91. The summed E-state index contributed by atoms with van der Waals surface area (Å²) < 4.78 is 5.09. The van der Waals surface area contributed by atoms with Gasteiger partial charge in [-0.3, -0.25) is 14.4 Å². The van der Waals surface area contributed by atoms with Crippen LogP contribution in [0.3, 0.4) is 0 Å². The van der Waals surface area contributed by atoms with Crippen LogP contribution >= 0.6 is 23.2 Å². The fraction of sp³-hybridized carbons (Fsp3) is 0.111. The van der Waals surface area contributed by atoms with Gasteiger partial charge in [0.15, 0.2) is 0 Å². The van der Waals surface area contributed by atoms with Crippen LogP contribution in [0.5, 0.6) is 0 Å². The molecule has 2 N–H and O–H groups in total. The van der Waals surface area contributed by atoms with E-state index in [0.717, 1.165) is 4.90 Å². The second-order valence-corrected chi connectivity index (χ2v) is 8.74. The summed E-state index contributed by atoms with van der Waals surface area (Å²) in [6.07, 6.45) is 0.690. The molecule has 1 heterocycles. The van der Waals surface area contributed by atoms with Crippen molar-refractivity contribution < 1.29 is 23.9 Å². The summed E-state index contributed by atoms with van der Waals surface area (Å²) in [5.74, 6) is -2.31. The zero-order valence-corrected chi connectivity index (χ0v) is 21.1. The van der Waals surface area contributed by atoms with Gasteiger partial charge in [0.2, 0.25) is 0 Å². The van der Waals surface area contributed by atoms with Crippen molar-refractivity contribution in [3.8, 4) is 0 Å².